The van der Waals surface area contributed by atoms with Crippen LogP contribution in [0.15, 0.2) is 64.9 Å². The molecule has 0 bridgehead atoms. The fourth-order valence-corrected chi connectivity index (χ4v) is 4.29. The van der Waals surface area contributed by atoms with Crippen molar-refractivity contribution >= 4 is 23.4 Å². The second-order valence-corrected chi connectivity index (χ2v) is 7.99. The van der Waals surface area contributed by atoms with E-state index in [4.69, 9.17) is 22.1 Å². The molecule has 3 N–H and O–H groups in total. The standard InChI is InChI=1S/C21H17ClN4OS/c1-12-5-7-15(8-6-12)28-11-17-19-18(13-3-2-4-14(22)9-13)16(10-23)20(24)27-21(19)26-25-17/h2-9,18H,11,24H2,1H3,(H,25,26)/t18-/m0/s1. The summed E-state index contributed by atoms with van der Waals surface area (Å²) in [5.41, 5.74) is 10.2. The third-order valence-corrected chi connectivity index (χ3v) is 5.88. The van der Waals surface area contributed by atoms with Gasteiger partial charge in [-0.1, -0.05) is 41.4 Å². The summed E-state index contributed by atoms with van der Waals surface area (Å²) >= 11 is 7.88. The zero-order chi connectivity index (χ0) is 19.7. The monoisotopic (exact) mass is 408 g/mol. The summed E-state index contributed by atoms with van der Waals surface area (Å²) in [5.74, 6) is 0.759. The molecule has 5 nitrogen and oxygen atoms in total. The number of fused-ring (bicyclic) bond motifs is 1. The Morgan fingerprint density at radius 3 is 2.79 bits per heavy atom. The van der Waals surface area contributed by atoms with Gasteiger partial charge >= 0.3 is 0 Å². The number of rotatable bonds is 4. The molecule has 140 valence electrons. The normalized spacial score (nSPS) is 15.7. The van der Waals surface area contributed by atoms with Crippen LogP contribution < -0.4 is 10.5 Å². The number of nitrogens with two attached hydrogens (primary N) is 1. The number of allylic oxidation sites excluding steroid dienone is 1. The Balaban J connectivity index is 1.73. The van der Waals surface area contributed by atoms with Crippen molar-refractivity contribution in [3.63, 3.8) is 0 Å². The van der Waals surface area contributed by atoms with Crippen molar-refractivity contribution in [2.24, 2.45) is 5.73 Å². The fourth-order valence-electron chi connectivity index (χ4n) is 3.23. The average Bonchev–Trinajstić information content (AvgIpc) is 3.08. The molecule has 3 aromatic rings. The number of ether oxygens (including phenoxy) is 1. The van der Waals surface area contributed by atoms with Crippen molar-refractivity contribution in [3.05, 3.63) is 87.4 Å². The smallest absolute Gasteiger partial charge is 0.244 e. The molecule has 0 saturated heterocycles. The van der Waals surface area contributed by atoms with Crippen LogP contribution in [0, 0.1) is 18.3 Å². The molecular formula is C21H17ClN4OS. The highest BCUT2D eigenvalue weighted by Gasteiger charge is 2.35. The number of hydrogen-bond donors (Lipinski definition) is 2. The molecule has 2 aromatic carbocycles. The van der Waals surface area contributed by atoms with E-state index in [2.05, 4.69) is 47.5 Å². The minimum Gasteiger partial charge on any atom is -0.420 e. The van der Waals surface area contributed by atoms with E-state index in [0.717, 1.165) is 21.7 Å². The Labute approximate surface area is 172 Å². The predicted molar refractivity (Wildman–Crippen MR) is 110 cm³/mol. The summed E-state index contributed by atoms with van der Waals surface area (Å²) < 4.78 is 5.62. The van der Waals surface area contributed by atoms with Crippen LogP contribution in [-0.2, 0) is 5.75 Å². The van der Waals surface area contributed by atoms with E-state index in [0.29, 0.717) is 22.2 Å². The lowest BCUT2D eigenvalue weighted by molar-refractivity contribution is 0.379. The lowest BCUT2D eigenvalue weighted by atomic mass is 9.84. The van der Waals surface area contributed by atoms with Crippen LogP contribution in [0.5, 0.6) is 5.88 Å². The first-order valence-electron chi connectivity index (χ1n) is 8.66. The van der Waals surface area contributed by atoms with Gasteiger partial charge in [0.15, 0.2) is 0 Å². The van der Waals surface area contributed by atoms with E-state index in [1.54, 1.807) is 17.8 Å². The van der Waals surface area contributed by atoms with Crippen LogP contribution in [0.1, 0.15) is 28.3 Å². The SMILES string of the molecule is Cc1ccc(SCc2[nH]nc3c2[C@@H](c2cccc(Cl)c2)C(C#N)=C(N)O3)cc1. The van der Waals surface area contributed by atoms with Crippen LogP contribution in [0.3, 0.4) is 0 Å². The van der Waals surface area contributed by atoms with Gasteiger partial charge in [-0.25, -0.2) is 0 Å². The van der Waals surface area contributed by atoms with Crippen LogP contribution >= 0.6 is 23.4 Å². The van der Waals surface area contributed by atoms with Gasteiger partial charge in [-0.05, 0) is 36.8 Å². The quantitative estimate of drug-likeness (QED) is 0.600. The molecule has 1 aliphatic heterocycles. The second kappa shape index (κ2) is 7.63. The molecule has 0 aliphatic carbocycles. The van der Waals surface area contributed by atoms with E-state index >= 15 is 0 Å². The Bertz CT molecular complexity index is 1100. The molecular weight excluding hydrogens is 392 g/mol. The third-order valence-electron chi connectivity index (χ3n) is 4.60. The molecule has 1 aliphatic rings. The number of aryl methyl sites for hydroxylation is 1. The lowest BCUT2D eigenvalue weighted by Gasteiger charge is -2.24. The number of nitrogens with zero attached hydrogens (tertiary/aromatic N) is 2. The maximum atomic E-state index is 9.71. The predicted octanol–water partition coefficient (Wildman–Crippen LogP) is 4.88. The number of aromatic amines is 1. The topological polar surface area (TPSA) is 87.7 Å². The maximum absolute atomic E-state index is 9.71. The van der Waals surface area contributed by atoms with Crippen molar-refractivity contribution in [1.82, 2.24) is 10.2 Å². The summed E-state index contributed by atoms with van der Waals surface area (Å²) in [7, 11) is 0. The molecule has 0 radical (unpaired) electrons. The Morgan fingerprint density at radius 2 is 2.07 bits per heavy atom. The Morgan fingerprint density at radius 1 is 1.29 bits per heavy atom. The van der Waals surface area contributed by atoms with Crippen molar-refractivity contribution in [3.8, 4) is 11.9 Å². The minimum atomic E-state index is -0.375. The van der Waals surface area contributed by atoms with Crippen molar-refractivity contribution in [2.45, 2.75) is 23.5 Å². The van der Waals surface area contributed by atoms with Crippen molar-refractivity contribution in [2.75, 3.05) is 0 Å². The van der Waals surface area contributed by atoms with E-state index in [-0.39, 0.29) is 11.8 Å². The number of thioether (sulfide) groups is 1. The van der Waals surface area contributed by atoms with Crippen LogP contribution in [0.4, 0.5) is 0 Å². The summed E-state index contributed by atoms with van der Waals surface area (Å²) in [6, 6.07) is 18.0. The molecule has 0 unspecified atom stereocenters. The van der Waals surface area contributed by atoms with Crippen molar-refractivity contribution in [1.29, 1.82) is 5.26 Å². The first-order valence-corrected chi connectivity index (χ1v) is 10.0. The molecule has 1 aromatic heterocycles. The molecule has 0 saturated carbocycles. The van der Waals surface area contributed by atoms with E-state index in [9.17, 15) is 5.26 Å². The first kappa shape index (κ1) is 18.5. The molecule has 0 amide bonds. The van der Waals surface area contributed by atoms with Gasteiger partial charge in [0.05, 0.1) is 17.2 Å². The highest BCUT2D eigenvalue weighted by Crippen LogP contribution is 2.44. The number of hydrogen-bond acceptors (Lipinski definition) is 5. The zero-order valence-corrected chi connectivity index (χ0v) is 16.6. The molecule has 2 heterocycles. The highest BCUT2D eigenvalue weighted by atomic mass is 35.5. The first-order chi connectivity index (χ1) is 13.6. The largest absolute Gasteiger partial charge is 0.420 e. The van der Waals surface area contributed by atoms with Gasteiger partial charge in [0.2, 0.25) is 11.8 Å². The average molecular weight is 409 g/mol. The number of benzene rings is 2. The summed E-state index contributed by atoms with van der Waals surface area (Å²) in [6.45, 7) is 2.06. The van der Waals surface area contributed by atoms with E-state index in [1.807, 2.05) is 18.2 Å². The van der Waals surface area contributed by atoms with Gasteiger partial charge in [0.1, 0.15) is 11.6 Å². The molecule has 28 heavy (non-hydrogen) atoms. The summed E-state index contributed by atoms with van der Waals surface area (Å²) in [5, 5.41) is 17.7. The van der Waals surface area contributed by atoms with Crippen LogP contribution in [-0.4, -0.2) is 10.2 Å². The number of nitriles is 1. The maximum Gasteiger partial charge on any atom is 0.244 e. The van der Waals surface area contributed by atoms with Gasteiger partial charge in [-0.3, -0.25) is 5.10 Å². The number of nitrogens with one attached hydrogen (secondary N) is 1. The molecule has 7 heteroatoms. The second-order valence-electron chi connectivity index (χ2n) is 6.50. The number of halogens is 1. The van der Waals surface area contributed by atoms with Crippen LogP contribution in [0.2, 0.25) is 5.02 Å². The molecule has 1 atom stereocenters. The zero-order valence-electron chi connectivity index (χ0n) is 15.1. The Hall–Kier alpha value is -2.88. The van der Waals surface area contributed by atoms with E-state index in [1.165, 1.54) is 5.56 Å². The lowest BCUT2D eigenvalue weighted by Crippen LogP contribution is -2.21. The van der Waals surface area contributed by atoms with Gasteiger partial charge < -0.3 is 10.5 Å². The van der Waals surface area contributed by atoms with Crippen LogP contribution in [0.25, 0.3) is 0 Å². The van der Waals surface area contributed by atoms with Gasteiger partial charge in [-0.15, -0.1) is 16.9 Å². The third kappa shape index (κ3) is 3.47. The van der Waals surface area contributed by atoms with Gasteiger partial charge in [0.25, 0.3) is 0 Å². The Kier molecular flexibility index (Phi) is 5.03. The number of H-pyrrole nitrogens is 1. The van der Waals surface area contributed by atoms with Gasteiger partial charge in [-0.2, -0.15) is 5.26 Å². The number of aromatic nitrogens is 2. The molecule has 0 fully saturated rings. The summed E-state index contributed by atoms with van der Waals surface area (Å²) in [6.07, 6.45) is 0. The highest BCUT2D eigenvalue weighted by molar-refractivity contribution is 7.98. The van der Waals surface area contributed by atoms with E-state index < -0.39 is 0 Å². The van der Waals surface area contributed by atoms with Gasteiger partial charge in [0, 0.05) is 15.7 Å². The molecule has 0 spiro atoms. The summed E-state index contributed by atoms with van der Waals surface area (Å²) in [4.78, 5) is 1.15. The minimum absolute atomic E-state index is 0.0733. The fraction of sp³-hybridized carbons (Fsp3) is 0.143. The molecule has 4 rings (SSSR count). The van der Waals surface area contributed by atoms with Crippen molar-refractivity contribution < 1.29 is 4.74 Å².